The van der Waals surface area contributed by atoms with Crippen LogP contribution >= 0.6 is 0 Å². The van der Waals surface area contributed by atoms with Crippen LogP contribution in [-0.4, -0.2) is 48.9 Å². The largest absolute Gasteiger partial charge is 0.447 e. The van der Waals surface area contributed by atoms with E-state index in [1.165, 1.54) is 0 Å². The monoisotopic (exact) mass is 188 g/mol. The molecular formula is C8H16N2O3. The Morgan fingerprint density at radius 1 is 1.69 bits per heavy atom. The van der Waals surface area contributed by atoms with Gasteiger partial charge in [-0.2, -0.15) is 0 Å². The molecule has 1 aliphatic heterocycles. The van der Waals surface area contributed by atoms with Gasteiger partial charge in [-0.1, -0.05) is 0 Å². The molecule has 1 atom stereocenters. The second-order valence-corrected chi connectivity index (χ2v) is 3.17. The molecule has 0 aromatic carbocycles. The molecule has 5 nitrogen and oxygen atoms in total. The first kappa shape index (κ1) is 10.3. The number of hydrogen-bond acceptors (Lipinski definition) is 4. The number of nitrogens with zero attached hydrogens (tertiary/aromatic N) is 1. The normalized spacial score (nSPS) is 22.0. The summed E-state index contributed by atoms with van der Waals surface area (Å²) in [7, 11) is 0. The van der Waals surface area contributed by atoms with Gasteiger partial charge in [-0.15, -0.1) is 0 Å². The third-order valence-corrected chi connectivity index (χ3v) is 2.19. The van der Waals surface area contributed by atoms with E-state index < -0.39 is 0 Å². The van der Waals surface area contributed by atoms with Gasteiger partial charge in [0.1, 0.15) is 6.61 Å². The van der Waals surface area contributed by atoms with Gasteiger partial charge in [0.15, 0.2) is 0 Å². The number of carbonyl (C=O) groups is 1. The summed E-state index contributed by atoms with van der Waals surface area (Å²) in [5.41, 5.74) is 5.48. The van der Waals surface area contributed by atoms with E-state index in [1.807, 2.05) is 0 Å². The van der Waals surface area contributed by atoms with Gasteiger partial charge >= 0.3 is 6.09 Å². The number of ether oxygens (including phenoxy) is 1. The Bertz CT molecular complexity index is 175. The number of carbonyl (C=O) groups excluding carboxylic acids is 1. The molecule has 1 rings (SSSR count). The Morgan fingerprint density at radius 3 is 3.00 bits per heavy atom. The van der Waals surface area contributed by atoms with Crippen molar-refractivity contribution >= 4 is 6.09 Å². The van der Waals surface area contributed by atoms with Gasteiger partial charge in [-0.25, -0.2) is 4.79 Å². The van der Waals surface area contributed by atoms with Crippen LogP contribution in [0, 0.1) is 5.92 Å². The number of rotatable bonds is 3. The van der Waals surface area contributed by atoms with E-state index in [2.05, 4.69) is 0 Å². The second kappa shape index (κ2) is 5.04. The minimum absolute atomic E-state index is 0.0720. The summed E-state index contributed by atoms with van der Waals surface area (Å²) in [6.07, 6.45) is 0.607. The molecule has 1 fully saturated rings. The van der Waals surface area contributed by atoms with Gasteiger partial charge in [0.2, 0.25) is 0 Å². The Kier molecular flexibility index (Phi) is 3.98. The van der Waals surface area contributed by atoms with E-state index >= 15 is 0 Å². The number of nitrogens with two attached hydrogens (primary N) is 1. The van der Waals surface area contributed by atoms with Gasteiger partial charge < -0.3 is 20.5 Å². The first-order chi connectivity index (χ1) is 6.27. The third kappa shape index (κ3) is 2.86. The maximum absolute atomic E-state index is 11.2. The van der Waals surface area contributed by atoms with E-state index in [-0.39, 0.29) is 19.3 Å². The molecule has 0 radical (unpaired) electrons. The summed E-state index contributed by atoms with van der Waals surface area (Å²) in [5.74, 6) is 0.404. The second-order valence-electron chi connectivity index (χ2n) is 3.17. The fourth-order valence-electron chi connectivity index (χ4n) is 1.42. The minimum atomic E-state index is -0.343. The van der Waals surface area contributed by atoms with Gasteiger partial charge in [0.05, 0.1) is 6.61 Å². The minimum Gasteiger partial charge on any atom is -0.447 e. The maximum atomic E-state index is 11.2. The molecule has 1 saturated heterocycles. The summed E-state index contributed by atoms with van der Waals surface area (Å²) in [6, 6.07) is 0. The van der Waals surface area contributed by atoms with Crippen molar-refractivity contribution in [1.82, 2.24) is 4.90 Å². The Balaban J connectivity index is 2.25. The first-order valence-corrected chi connectivity index (χ1v) is 4.50. The van der Waals surface area contributed by atoms with Crippen LogP contribution in [0.1, 0.15) is 6.42 Å². The highest BCUT2D eigenvalue weighted by Gasteiger charge is 2.25. The fourth-order valence-corrected chi connectivity index (χ4v) is 1.42. The molecule has 0 saturated carbocycles. The van der Waals surface area contributed by atoms with Crippen LogP contribution < -0.4 is 5.73 Å². The van der Waals surface area contributed by atoms with Crippen molar-refractivity contribution < 1.29 is 14.6 Å². The molecule has 3 N–H and O–H groups in total. The fraction of sp³-hybridized carbons (Fsp3) is 0.875. The molecule has 0 bridgehead atoms. The zero-order chi connectivity index (χ0) is 9.68. The van der Waals surface area contributed by atoms with Gasteiger partial charge in [-0.3, -0.25) is 0 Å². The Morgan fingerprint density at radius 2 is 2.46 bits per heavy atom. The molecule has 5 heteroatoms. The molecule has 1 unspecified atom stereocenters. The summed E-state index contributed by atoms with van der Waals surface area (Å²) < 4.78 is 4.76. The number of hydrogen-bond donors (Lipinski definition) is 2. The molecule has 0 aromatic heterocycles. The molecule has 1 amide bonds. The lowest BCUT2D eigenvalue weighted by atomic mass is 10.1. The quantitative estimate of drug-likeness (QED) is 0.620. The smallest absolute Gasteiger partial charge is 0.409 e. The van der Waals surface area contributed by atoms with E-state index in [0.29, 0.717) is 25.6 Å². The van der Waals surface area contributed by atoms with Crippen molar-refractivity contribution in [3.8, 4) is 0 Å². The molecule has 13 heavy (non-hydrogen) atoms. The summed E-state index contributed by atoms with van der Waals surface area (Å²) >= 11 is 0. The summed E-state index contributed by atoms with van der Waals surface area (Å²) in [4.78, 5) is 12.8. The summed E-state index contributed by atoms with van der Waals surface area (Å²) in [6.45, 7) is 1.96. The van der Waals surface area contributed by atoms with Gasteiger partial charge in [0, 0.05) is 13.1 Å². The molecular weight excluding hydrogens is 172 g/mol. The molecule has 76 valence electrons. The lowest BCUT2D eigenvalue weighted by Gasteiger charge is -2.15. The molecule has 0 aliphatic carbocycles. The van der Waals surface area contributed by atoms with Crippen molar-refractivity contribution in [3.63, 3.8) is 0 Å². The highest BCUT2D eigenvalue weighted by molar-refractivity contribution is 5.67. The van der Waals surface area contributed by atoms with Crippen molar-refractivity contribution in [2.45, 2.75) is 6.42 Å². The lowest BCUT2D eigenvalue weighted by molar-refractivity contribution is 0.0897. The van der Waals surface area contributed by atoms with Gasteiger partial charge in [0.25, 0.3) is 0 Å². The molecule has 1 heterocycles. The van der Waals surface area contributed by atoms with Crippen molar-refractivity contribution in [1.29, 1.82) is 0 Å². The lowest BCUT2D eigenvalue weighted by Crippen LogP contribution is -2.31. The van der Waals surface area contributed by atoms with Gasteiger partial charge in [-0.05, 0) is 18.9 Å². The van der Waals surface area contributed by atoms with Crippen LogP contribution in [0.4, 0.5) is 4.79 Å². The van der Waals surface area contributed by atoms with E-state index in [9.17, 15) is 4.79 Å². The van der Waals surface area contributed by atoms with Crippen LogP contribution in [0.15, 0.2) is 0 Å². The van der Waals surface area contributed by atoms with Crippen LogP contribution in [0.25, 0.3) is 0 Å². The van der Waals surface area contributed by atoms with Crippen LogP contribution in [-0.2, 0) is 4.74 Å². The average Bonchev–Trinajstić information content (AvgIpc) is 2.62. The number of aliphatic hydroxyl groups excluding tert-OH is 1. The zero-order valence-corrected chi connectivity index (χ0v) is 7.61. The predicted molar refractivity (Wildman–Crippen MR) is 47.2 cm³/mol. The highest BCUT2D eigenvalue weighted by atomic mass is 16.6. The Hall–Kier alpha value is -0.810. The van der Waals surface area contributed by atoms with Crippen LogP contribution in [0.3, 0.4) is 0 Å². The SMILES string of the molecule is NCC1CCN(C(=O)OCCO)C1. The van der Waals surface area contributed by atoms with E-state index in [0.717, 1.165) is 6.42 Å². The van der Waals surface area contributed by atoms with E-state index in [4.69, 9.17) is 15.6 Å². The number of amides is 1. The Labute approximate surface area is 77.5 Å². The topological polar surface area (TPSA) is 75.8 Å². The summed E-state index contributed by atoms with van der Waals surface area (Å²) in [5, 5.41) is 8.44. The van der Waals surface area contributed by atoms with Crippen molar-refractivity contribution in [2.75, 3.05) is 32.8 Å². The zero-order valence-electron chi connectivity index (χ0n) is 7.61. The number of likely N-dealkylation sites (tertiary alicyclic amines) is 1. The molecule has 0 spiro atoms. The average molecular weight is 188 g/mol. The molecule has 1 aliphatic rings. The van der Waals surface area contributed by atoms with Crippen LogP contribution in [0.5, 0.6) is 0 Å². The van der Waals surface area contributed by atoms with Crippen molar-refractivity contribution in [3.05, 3.63) is 0 Å². The molecule has 0 aromatic rings. The predicted octanol–water partition coefficient (Wildman–Crippen LogP) is -0.604. The highest BCUT2D eigenvalue weighted by Crippen LogP contribution is 2.15. The third-order valence-electron chi connectivity index (χ3n) is 2.19. The van der Waals surface area contributed by atoms with Crippen LogP contribution in [0.2, 0.25) is 0 Å². The first-order valence-electron chi connectivity index (χ1n) is 4.50. The van der Waals surface area contributed by atoms with E-state index in [1.54, 1.807) is 4.90 Å². The van der Waals surface area contributed by atoms with Crippen molar-refractivity contribution in [2.24, 2.45) is 11.7 Å². The number of aliphatic hydroxyl groups is 1. The maximum Gasteiger partial charge on any atom is 0.409 e. The standard InChI is InChI=1S/C8H16N2O3/c9-5-7-1-2-10(6-7)8(12)13-4-3-11/h7,11H,1-6,9H2.